The van der Waals surface area contributed by atoms with Gasteiger partial charge >= 0.3 is 0 Å². The van der Waals surface area contributed by atoms with Crippen LogP contribution in [0.15, 0.2) is 84.9 Å². The van der Waals surface area contributed by atoms with Gasteiger partial charge in [-0.2, -0.15) is 0 Å². The van der Waals surface area contributed by atoms with Crippen molar-refractivity contribution in [3.63, 3.8) is 0 Å². The summed E-state index contributed by atoms with van der Waals surface area (Å²) in [7, 11) is 1.61. The quantitative estimate of drug-likeness (QED) is 0.532. The second-order valence-corrected chi connectivity index (χ2v) is 7.83. The zero-order valence-electron chi connectivity index (χ0n) is 17.6. The van der Waals surface area contributed by atoms with Crippen molar-refractivity contribution in [2.75, 3.05) is 7.05 Å². The molecule has 2 amide bonds. The standard InChI is InChI=1S/C26H27ClN2O2/c1-28-26(31)24(18-20-10-4-2-5-11-20)29(19-21-12-6-3-7-13-21)25(30)17-16-22-14-8-9-15-23(22)27/h2-15,24H,16-19H2,1H3,(H,28,31). The summed E-state index contributed by atoms with van der Waals surface area (Å²) in [5.41, 5.74) is 2.92. The molecule has 0 aromatic heterocycles. The Balaban J connectivity index is 1.86. The zero-order valence-corrected chi connectivity index (χ0v) is 18.4. The van der Waals surface area contributed by atoms with E-state index in [2.05, 4.69) is 5.32 Å². The number of hydrogen-bond donors (Lipinski definition) is 1. The summed E-state index contributed by atoms with van der Waals surface area (Å²) < 4.78 is 0. The number of hydrogen-bond acceptors (Lipinski definition) is 2. The van der Waals surface area contributed by atoms with Crippen LogP contribution in [0.3, 0.4) is 0 Å². The highest BCUT2D eigenvalue weighted by Gasteiger charge is 2.29. The van der Waals surface area contributed by atoms with E-state index < -0.39 is 6.04 Å². The van der Waals surface area contributed by atoms with Crippen molar-refractivity contribution in [2.24, 2.45) is 0 Å². The Morgan fingerprint density at radius 3 is 2.06 bits per heavy atom. The lowest BCUT2D eigenvalue weighted by Gasteiger charge is -2.31. The van der Waals surface area contributed by atoms with Crippen LogP contribution in [0, 0.1) is 0 Å². The third-order valence-electron chi connectivity index (χ3n) is 5.28. The smallest absolute Gasteiger partial charge is 0.242 e. The maximum Gasteiger partial charge on any atom is 0.242 e. The van der Waals surface area contributed by atoms with E-state index in [4.69, 9.17) is 11.6 Å². The molecule has 1 unspecified atom stereocenters. The first-order valence-corrected chi connectivity index (χ1v) is 10.8. The molecule has 5 heteroatoms. The number of nitrogens with zero attached hydrogens (tertiary/aromatic N) is 1. The van der Waals surface area contributed by atoms with Gasteiger partial charge in [-0.3, -0.25) is 9.59 Å². The molecule has 0 aliphatic rings. The molecule has 0 saturated carbocycles. The predicted octanol–water partition coefficient (Wildman–Crippen LogP) is 4.66. The number of nitrogens with one attached hydrogen (secondary N) is 1. The summed E-state index contributed by atoms with van der Waals surface area (Å²) in [4.78, 5) is 27.9. The summed E-state index contributed by atoms with van der Waals surface area (Å²) in [6.45, 7) is 0.368. The maximum atomic E-state index is 13.4. The van der Waals surface area contributed by atoms with Gasteiger partial charge in [0.25, 0.3) is 0 Å². The van der Waals surface area contributed by atoms with Crippen molar-refractivity contribution >= 4 is 23.4 Å². The van der Waals surface area contributed by atoms with Crippen LogP contribution < -0.4 is 5.32 Å². The summed E-state index contributed by atoms with van der Waals surface area (Å²) in [6, 6.07) is 26.5. The minimum Gasteiger partial charge on any atom is -0.357 e. The monoisotopic (exact) mass is 434 g/mol. The molecule has 0 aliphatic heterocycles. The zero-order chi connectivity index (χ0) is 22.1. The van der Waals surface area contributed by atoms with Crippen LogP contribution in [-0.4, -0.2) is 29.8 Å². The molecule has 160 valence electrons. The summed E-state index contributed by atoms with van der Waals surface area (Å²) in [6.07, 6.45) is 1.25. The second kappa shape index (κ2) is 11.3. The van der Waals surface area contributed by atoms with E-state index in [1.165, 1.54) is 0 Å². The molecular formula is C26H27ClN2O2. The van der Waals surface area contributed by atoms with Crippen molar-refractivity contribution in [1.29, 1.82) is 0 Å². The van der Waals surface area contributed by atoms with Gasteiger partial charge < -0.3 is 10.2 Å². The Labute approximate surface area is 188 Å². The topological polar surface area (TPSA) is 49.4 Å². The van der Waals surface area contributed by atoms with E-state index in [0.717, 1.165) is 16.7 Å². The number of likely N-dealkylation sites (N-methyl/N-ethyl adjacent to an activating group) is 1. The molecule has 4 nitrogen and oxygen atoms in total. The van der Waals surface area contributed by atoms with Crippen molar-refractivity contribution in [2.45, 2.75) is 31.8 Å². The first-order chi connectivity index (χ1) is 15.1. The number of amides is 2. The fourth-order valence-corrected chi connectivity index (χ4v) is 3.82. The van der Waals surface area contributed by atoms with Crippen LogP contribution in [0.1, 0.15) is 23.1 Å². The molecular weight excluding hydrogens is 408 g/mol. The van der Waals surface area contributed by atoms with Crippen molar-refractivity contribution in [3.05, 3.63) is 107 Å². The number of halogens is 1. The lowest BCUT2D eigenvalue weighted by Crippen LogP contribution is -2.49. The van der Waals surface area contributed by atoms with E-state index in [1.54, 1.807) is 11.9 Å². The Morgan fingerprint density at radius 2 is 1.45 bits per heavy atom. The Kier molecular flexibility index (Phi) is 8.25. The average Bonchev–Trinajstić information content (AvgIpc) is 2.81. The van der Waals surface area contributed by atoms with Gasteiger partial charge in [0.05, 0.1) is 0 Å². The molecule has 1 atom stereocenters. The van der Waals surface area contributed by atoms with Crippen molar-refractivity contribution < 1.29 is 9.59 Å². The number of carbonyl (C=O) groups excluding carboxylic acids is 2. The summed E-state index contributed by atoms with van der Waals surface area (Å²) in [5, 5.41) is 3.39. The van der Waals surface area contributed by atoms with E-state index in [0.29, 0.717) is 24.4 Å². The van der Waals surface area contributed by atoms with Gasteiger partial charge in [-0.1, -0.05) is 90.5 Å². The van der Waals surface area contributed by atoms with Gasteiger partial charge in [-0.25, -0.2) is 0 Å². The minimum atomic E-state index is -0.605. The first kappa shape index (κ1) is 22.6. The molecule has 0 saturated heterocycles. The van der Waals surface area contributed by atoms with Crippen LogP contribution in [0.2, 0.25) is 5.02 Å². The SMILES string of the molecule is CNC(=O)C(Cc1ccccc1)N(Cc1ccccc1)C(=O)CCc1ccccc1Cl. The summed E-state index contributed by atoms with van der Waals surface area (Å²) >= 11 is 6.27. The molecule has 0 spiro atoms. The van der Waals surface area contributed by atoms with Gasteiger partial charge in [0.2, 0.25) is 11.8 Å². The third-order valence-corrected chi connectivity index (χ3v) is 5.65. The molecule has 31 heavy (non-hydrogen) atoms. The molecule has 0 fully saturated rings. The van der Waals surface area contributed by atoms with Gasteiger partial charge in [0.1, 0.15) is 6.04 Å². The molecule has 3 aromatic carbocycles. The number of rotatable bonds is 9. The largest absolute Gasteiger partial charge is 0.357 e. The van der Waals surface area contributed by atoms with Gasteiger partial charge in [-0.15, -0.1) is 0 Å². The van der Waals surface area contributed by atoms with Gasteiger partial charge in [0, 0.05) is 31.5 Å². The van der Waals surface area contributed by atoms with E-state index in [1.807, 2.05) is 84.9 Å². The molecule has 3 rings (SSSR count). The Hall–Kier alpha value is -3.11. The number of aryl methyl sites for hydroxylation is 1. The van der Waals surface area contributed by atoms with Gasteiger partial charge in [0.15, 0.2) is 0 Å². The molecule has 0 bridgehead atoms. The normalized spacial score (nSPS) is 11.5. The maximum absolute atomic E-state index is 13.4. The average molecular weight is 435 g/mol. The highest BCUT2D eigenvalue weighted by atomic mass is 35.5. The summed E-state index contributed by atoms with van der Waals surface area (Å²) in [5.74, 6) is -0.251. The lowest BCUT2D eigenvalue weighted by molar-refractivity contribution is -0.141. The number of carbonyl (C=O) groups is 2. The lowest BCUT2D eigenvalue weighted by atomic mass is 10.0. The van der Waals surface area contributed by atoms with Crippen LogP contribution >= 0.6 is 11.6 Å². The molecule has 0 radical (unpaired) electrons. The van der Waals surface area contributed by atoms with Crippen LogP contribution in [0.5, 0.6) is 0 Å². The highest BCUT2D eigenvalue weighted by Crippen LogP contribution is 2.20. The Bertz CT molecular complexity index is 993. The first-order valence-electron chi connectivity index (χ1n) is 10.4. The van der Waals surface area contributed by atoms with E-state index >= 15 is 0 Å². The predicted molar refractivity (Wildman–Crippen MR) is 125 cm³/mol. The fourth-order valence-electron chi connectivity index (χ4n) is 3.59. The highest BCUT2D eigenvalue weighted by molar-refractivity contribution is 6.31. The van der Waals surface area contributed by atoms with E-state index in [9.17, 15) is 9.59 Å². The van der Waals surface area contributed by atoms with Crippen LogP contribution in [0.4, 0.5) is 0 Å². The minimum absolute atomic E-state index is 0.0756. The number of benzene rings is 3. The third kappa shape index (κ3) is 6.43. The van der Waals surface area contributed by atoms with Crippen molar-refractivity contribution in [1.82, 2.24) is 10.2 Å². The molecule has 1 N–H and O–H groups in total. The fraction of sp³-hybridized carbons (Fsp3) is 0.231. The van der Waals surface area contributed by atoms with Gasteiger partial charge in [-0.05, 0) is 29.2 Å². The molecule has 0 heterocycles. The van der Waals surface area contributed by atoms with E-state index in [-0.39, 0.29) is 18.2 Å². The molecule has 0 aliphatic carbocycles. The second-order valence-electron chi connectivity index (χ2n) is 7.42. The van der Waals surface area contributed by atoms with Crippen molar-refractivity contribution in [3.8, 4) is 0 Å². The van der Waals surface area contributed by atoms with Crippen LogP contribution in [-0.2, 0) is 29.0 Å². The Morgan fingerprint density at radius 1 is 0.871 bits per heavy atom. The van der Waals surface area contributed by atoms with Crippen LogP contribution in [0.25, 0.3) is 0 Å². The molecule has 3 aromatic rings.